The molecule has 1 atom stereocenters. The molecule has 0 saturated carbocycles. The summed E-state index contributed by atoms with van der Waals surface area (Å²) in [6.07, 6.45) is 0. The van der Waals surface area contributed by atoms with Gasteiger partial charge in [0.25, 0.3) is 5.56 Å². The van der Waals surface area contributed by atoms with Crippen molar-refractivity contribution in [2.45, 2.75) is 40.3 Å². The molecule has 1 aromatic carbocycles. The van der Waals surface area contributed by atoms with Crippen molar-refractivity contribution in [1.82, 2.24) is 24.9 Å². The lowest BCUT2D eigenvalue weighted by atomic mass is 10.2. The highest BCUT2D eigenvalue weighted by Crippen LogP contribution is 2.21. The average Bonchev–Trinajstić information content (AvgIpc) is 3.32. The van der Waals surface area contributed by atoms with E-state index in [1.807, 2.05) is 57.2 Å². The van der Waals surface area contributed by atoms with Crippen molar-refractivity contribution in [3.8, 4) is 5.69 Å². The van der Waals surface area contributed by atoms with Crippen LogP contribution in [0.5, 0.6) is 0 Å². The number of aryl methyl sites for hydroxylation is 3. The first-order chi connectivity index (χ1) is 14.4. The van der Waals surface area contributed by atoms with Crippen molar-refractivity contribution in [1.29, 1.82) is 0 Å². The van der Waals surface area contributed by atoms with Gasteiger partial charge in [0.15, 0.2) is 5.52 Å². The summed E-state index contributed by atoms with van der Waals surface area (Å²) in [6.45, 7) is 7.45. The fraction of sp³-hybridized carbons (Fsp3) is 0.273. The Balaban J connectivity index is 1.68. The molecule has 0 spiro atoms. The summed E-state index contributed by atoms with van der Waals surface area (Å²) in [4.78, 5) is 25.8. The number of carbonyl (C=O) groups excluding carboxylic acids is 1. The molecule has 0 aliphatic rings. The van der Waals surface area contributed by atoms with Crippen molar-refractivity contribution in [2.24, 2.45) is 0 Å². The Hall–Kier alpha value is -3.68. The van der Waals surface area contributed by atoms with Crippen LogP contribution in [0.4, 0.5) is 0 Å². The summed E-state index contributed by atoms with van der Waals surface area (Å²) >= 11 is 0. The van der Waals surface area contributed by atoms with Gasteiger partial charge in [-0.15, -0.1) is 0 Å². The van der Waals surface area contributed by atoms with Gasteiger partial charge < -0.3 is 9.73 Å². The molecule has 0 bridgehead atoms. The fourth-order valence-corrected chi connectivity index (χ4v) is 3.55. The van der Waals surface area contributed by atoms with Gasteiger partial charge in [0, 0.05) is 0 Å². The van der Waals surface area contributed by atoms with Crippen LogP contribution < -0.4 is 10.9 Å². The topological polar surface area (TPSA) is 95.0 Å². The Morgan fingerprint density at radius 2 is 1.83 bits per heavy atom. The lowest BCUT2D eigenvalue weighted by Crippen LogP contribution is -2.37. The lowest BCUT2D eigenvalue weighted by molar-refractivity contribution is -0.124. The molecule has 4 rings (SSSR count). The number of amides is 1. The van der Waals surface area contributed by atoms with E-state index in [9.17, 15) is 9.59 Å². The number of benzene rings is 1. The van der Waals surface area contributed by atoms with Gasteiger partial charge in [-0.05, 0) is 52.0 Å². The van der Waals surface area contributed by atoms with E-state index in [1.165, 1.54) is 4.68 Å². The second kappa shape index (κ2) is 7.62. The largest absolute Gasteiger partial charge is 0.465 e. The maximum atomic E-state index is 13.1. The number of hydrogen-bond acceptors (Lipinski definition) is 5. The summed E-state index contributed by atoms with van der Waals surface area (Å²) in [5.41, 5.74) is 2.23. The minimum atomic E-state index is -0.793. The van der Waals surface area contributed by atoms with Crippen LogP contribution in [0.15, 0.2) is 51.7 Å². The van der Waals surface area contributed by atoms with Crippen LogP contribution in [0.25, 0.3) is 16.6 Å². The zero-order valence-corrected chi connectivity index (χ0v) is 17.3. The first-order valence-electron chi connectivity index (χ1n) is 9.74. The van der Waals surface area contributed by atoms with Crippen molar-refractivity contribution >= 4 is 16.8 Å². The second-order valence-corrected chi connectivity index (χ2v) is 7.30. The third-order valence-corrected chi connectivity index (χ3v) is 5.13. The minimum absolute atomic E-state index is 0.245. The van der Waals surface area contributed by atoms with E-state index in [0.717, 1.165) is 17.1 Å². The number of rotatable bonds is 5. The van der Waals surface area contributed by atoms with E-state index in [0.29, 0.717) is 22.4 Å². The summed E-state index contributed by atoms with van der Waals surface area (Å²) in [7, 11) is 0. The molecule has 4 aromatic rings. The highest BCUT2D eigenvalue weighted by Gasteiger charge is 2.23. The first kappa shape index (κ1) is 19.6. The lowest BCUT2D eigenvalue weighted by Gasteiger charge is -2.14. The molecule has 0 aliphatic heterocycles. The molecule has 1 unspecified atom stereocenters. The Morgan fingerprint density at radius 1 is 1.10 bits per heavy atom. The Kier molecular flexibility index (Phi) is 4.99. The number of nitrogens with one attached hydrogen (secondary N) is 1. The highest BCUT2D eigenvalue weighted by molar-refractivity contribution is 5.84. The molecule has 154 valence electrons. The highest BCUT2D eigenvalue weighted by atomic mass is 16.3. The van der Waals surface area contributed by atoms with Crippen LogP contribution in [0, 0.1) is 20.8 Å². The van der Waals surface area contributed by atoms with Gasteiger partial charge in [-0.3, -0.25) is 9.59 Å². The number of furan rings is 1. The maximum Gasteiger partial charge on any atom is 0.295 e. The van der Waals surface area contributed by atoms with E-state index in [4.69, 9.17) is 4.42 Å². The fourth-order valence-electron chi connectivity index (χ4n) is 3.55. The first-order valence-corrected chi connectivity index (χ1v) is 9.74. The summed E-state index contributed by atoms with van der Waals surface area (Å²) in [5.74, 6) is 1.10. The molecular weight excluding hydrogens is 382 g/mol. The zero-order chi connectivity index (χ0) is 21.4. The van der Waals surface area contributed by atoms with Crippen LogP contribution in [0.1, 0.15) is 35.9 Å². The number of carbonyl (C=O) groups is 1. The number of para-hydroxylation sites is 1. The number of hydrogen-bond donors (Lipinski definition) is 1. The smallest absolute Gasteiger partial charge is 0.295 e. The molecule has 1 N–H and O–H groups in total. The molecule has 1 amide bonds. The van der Waals surface area contributed by atoms with Gasteiger partial charge in [0.2, 0.25) is 5.91 Å². The minimum Gasteiger partial charge on any atom is -0.465 e. The van der Waals surface area contributed by atoms with Crippen molar-refractivity contribution in [3.05, 3.63) is 75.7 Å². The SMILES string of the molecule is Cc1ccc(CNC(=O)C(C)n2nc(C)c3c(C)n(-c4ccccc4)nc3c2=O)o1. The van der Waals surface area contributed by atoms with Gasteiger partial charge in [0.1, 0.15) is 17.6 Å². The zero-order valence-electron chi connectivity index (χ0n) is 17.3. The molecule has 8 nitrogen and oxygen atoms in total. The third-order valence-electron chi connectivity index (χ3n) is 5.13. The molecule has 0 fully saturated rings. The molecule has 0 saturated heterocycles. The predicted octanol–water partition coefficient (Wildman–Crippen LogP) is 2.98. The van der Waals surface area contributed by atoms with Crippen molar-refractivity contribution in [2.75, 3.05) is 0 Å². The average molecular weight is 405 g/mol. The molecule has 3 aromatic heterocycles. The third kappa shape index (κ3) is 3.41. The van der Waals surface area contributed by atoms with E-state index in [-0.39, 0.29) is 12.5 Å². The quantitative estimate of drug-likeness (QED) is 0.551. The predicted molar refractivity (Wildman–Crippen MR) is 113 cm³/mol. The Bertz CT molecular complexity index is 1280. The van der Waals surface area contributed by atoms with E-state index < -0.39 is 11.6 Å². The van der Waals surface area contributed by atoms with E-state index >= 15 is 0 Å². The van der Waals surface area contributed by atoms with Gasteiger partial charge in [0.05, 0.1) is 29.0 Å². The van der Waals surface area contributed by atoms with Gasteiger partial charge in [-0.1, -0.05) is 18.2 Å². The standard InChI is InChI=1S/C22H23N5O3/c1-13-10-11-18(30-13)12-23-21(28)16(4)27-22(29)20-19(14(2)24-27)15(3)26(25-20)17-8-6-5-7-9-17/h5-11,16H,12H2,1-4H3,(H,23,28). The van der Waals surface area contributed by atoms with Gasteiger partial charge in [-0.25, -0.2) is 9.36 Å². The Morgan fingerprint density at radius 3 is 2.50 bits per heavy atom. The summed E-state index contributed by atoms with van der Waals surface area (Å²) in [6, 6.07) is 12.4. The monoisotopic (exact) mass is 405 g/mol. The number of fused-ring (bicyclic) bond motifs is 1. The van der Waals surface area contributed by atoms with Gasteiger partial charge >= 0.3 is 0 Å². The maximum absolute atomic E-state index is 13.1. The van der Waals surface area contributed by atoms with E-state index in [1.54, 1.807) is 17.7 Å². The molecule has 3 heterocycles. The van der Waals surface area contributed by atoms with Crippen LogP contribution in [0.3, 0.4) is 0 Å². The molecule has 8 heteroatoms. The normalized spacial score (nSPS) is 12.3. The molecule has 30 heavy (non-hydrogen) atoms. The molecular formula is C22H23N5O3. The molecule has 0 radical (unpaired) electrons. The number of aromatic nitrogens is 4. The summed E-state index contributed by atoms with van der Waals surface area (Å²) < 4.78 is 8.39. The van der Waals surface area contributed by atoms with Crippen LogP contribution >= 0.6 is 0 Å². The second-order valence-electron chi connectivity index (χ2n) is 7.30. The van der Waals surface area contributed by atoms with Crippen LogP contribution in [-0.2, 0) is 11.3 Å². The number of nitrogens with zero attached hydrogens (tertiary/aromatic N) is 4. The van der Waals surface area contributed by atoms with E-state index in [2.05, 4.69) is 15.5 Å². The summed E-state index contributed by atoms with van der Waals surface area (Å²) in [5, 5.41) is 12.5. The van der Waals surface area contributed by atoms with Crippen molar-refractivity contribution < 1.29 is 9.21 Å². The molecule has 0 aliphatic carbocycles. The van der Waals surface area contributed by atoms with Crippen molar-refractivity contribution in [3.63, 3.8) is 0 Å². The van der Waals surface area contributed by atoms with Gasteiger partial charge in [-0.2, -0.15) is 10.2 Å². The Labute approximate surface area is 173 Å². The van der Waals surface area contributed by atoms with Crippen LogP contribution in [-0.4, -0.2) is 25.5 Å². The van der Waals surface area contributed by atoms with Crippen LogP contribution in [0.2, 0.25) is 0 Å².